The number of fused-ring (bicyclic) bond motifs is 2. The lowest BCUT2D eigenvalue weighted by Gasteiger charge is -2.22. The van der Waals surface area contributed by atoms with Crippen LogP contribution in [0.25, 0.3) is 10.9 Å². The van der Waals surface area contributed by atoms with E-state index in [1.54, 1.807) is 0 Å². The SMILES string of the molecule is Cc1cccc2c(=O)n3c(nc12)CC(C)CC3. The van der Waals surface area contributed by atoms with Crippen LogP contribution in [0.3, 0.4) is 0 Å². The van der Waals surface area contributed by atoms with E-state index < -0.39 is 0 Å². The molecule has 17 heavy (non-hydrogen) atoms. The molecule has 1 atom stereocenters. The van der Waals surface area contributed by atoms with E-state index >= 15 is 0 Å². The molecule has 0 amide bonds. The van der Waals surface area contributed by atoms with Crippen molar-refractivity contribution in [2.45, 2.75) is 33.2 Å². The van der Waals surface area contributed by atoms with Gasteiger partial charge in [0, 0.05) is 13.0 Å². The number of benzene rings is 1. The van der Waals surface area contributed by atoms with E-state index in [4.69, 9.17) is 0 Å². The summed E-state index contributed by atoms with van der Waals surface area (Å²) in [4.78, 5) is 17.0. The molecule has 1 aliphatic rings. The first-order valence-corrected chi connectivity index (χ1v) is 6.16. The van der Waals surface area contributed by atoms with Gasteiger partial charge in [-0.05, 0) is 30.9 Å². The van der Waals surface area contributed by atoms with Gasteiger partial charge in [0.2, 0.25) is 0 Å². The summed E-state index contributed by atoms with van der Waals surface area (Å²) in [6.07, 6.45) is 1.99. The summed E-state index contributed by atoms with van der Waals surface area (Å²) in [5, 5.41) is 0.753. The second-order valence-electron chi connectivity index (χ2n) is 5.05. The van der Waals surface area contributed by atoms with Crippen LogP contribution in [0.4, 0.5) is 0 Å². The van der Waals surface area contributed by atoms with Crippen LogP contribution in [0.1, 0.15) is 24.7 Å². The quantitative estimate of drug-likeness (QED) is 0.693. The fourth-order valence-electron chi connectivity index (χ4n) is 2.58. The van der Waals surface area contributed by atoms with Gasteiger partial charge in [0.15, 0.2) is 0 Å². The average molecular weight is 228 g/mol. The van der Waals surface area contributed by atoms with Gasteiger partial charge in [-0.15, -0.1) is 0 Å². The Morgan fingerprint density at radius 1 is 1.41 bits per heavy atom. The summed E-state index contributed by atoms with van der Waals surface area (Å²) in [5.74, 6) is 1.58. The fourth-order valence-corrected chi connectivity index (χ4v) is 2.58. The van der Waals surface area contributed by atoms with Crippen LogP contribution in [0.15, 0.2) is 23.0 Å². The second-order valence-corrected chi connectivity index (χ2v) is 5.05. The van der Waals surface area contributed by atoms with Crippen molar-refractivity contribution in [3.8, 4) is 0 Å². The van der Waals surface area contributed by atoms with Gasteiger partial charge in [0.25, 0.3) is 5.56 Å². The zero-order valence-corrected chi connectivity index (χ0v) is 10.2. The molecule has 0 fully saturated rings. The van der Waals surface area contributed by atoms with Crippen molar-refractivity contribution < 1.29 is 0 Å². The monoisotopic (exact) mass is 228 g/mol. The van der Waals surface area contributed by atoms with Crippen molar-refractivity contribution in [3.05, 3.63) is 39.9 Å². The molecule has 3 nitrogen and oxygen atoms in total. The molecule has 0 saturated heterocycles. The van der Waals surface area contributed by atoms with Crippen molar-refractivity contribution in [1.82, 2.24) is 9.55 Å². The van der Waals surface area contributed by atoms with Crippen molar-refractivity contribution >= 4 is 10.9 Å². The first-order valence-electron chi connectivity index (χ1n) is 6.16. The molecule has 1 aliphatic heterocycles. The second kappa shape index (κ2) is 3.69. The van der Waals surface area contributed by atoms with Crippen molar-refractivity contribution in [3.63, 3.8) is 0 Å². The van der Waals surface area contributed by atoms with Gasteiger partial charge in [-0.1, -0.05) is 19.1 Å². The number of aryl methyl sites for hydroxylation is 1. The molecule has 1 unspecified atom stereocenters. The summed E-state index contributed by atoms with van der Waals surface area (Å²) in [6.45, 7) is 5.04. The maximum Gasteiger partial charge on any atom is 0.261 e. The van der Waals surface area contributed by atoms with Crippen LogP contribution in [0, 0.1) is 12.8 Å². The highest BCUT2D eigenvalue weighted by atomic mass is 16.1. The standard InChI is InChI=1S/C14H16N2O/c1-9-6-7-16-12(8-9)15-13-10(2)4-3-5-11(13)14(16)17/h3-5,9H,6-8H2,1-2H3. The zero-order chi connectivity index (χ0) is 12.0. The van der Waals surface area contributed by atoms with Crippen LogP contribution in [-0.2, 0) is 13.0 Å². The molecule has 3 heteroatoms. The van der Waals surface area contributed by atoms with Crippen molar-refractivity contribution in [2.24, 2.45) is 5.92 Å². The van der Waals surface area contributed by atoms with Gasteiger partial charge >= 0.3 is 0 Å². The van der Waals surface area contributed by atoms with E-state index in [0.717, 1.165) is 41.7 Å². The van der Waals surface area contributed by atoms with E-state index in [0.29, 0.717) is 5.92 Å². The molecule has 88 valence electrons. The summed E-state index contributed by atoms with van der Waals surface area (Å²) in [7, 11) is 0. The van der Waals surface area contributed by atoms with E-state index in [2.05, 4.69) is 11.9 Å². The smallest absolute Gasteiger partial charge is 0.261 e. The lowest BCUT2D eigenvalue weighted by atomic mass is 9.99. The molecule has 0 spiro atoms. The third kappa shape index (κ3) is 1.57. The first-order chi connectivity index (χ1) is 8.16. The Bertz CT molecular complexity index is 642. The summed E-state index contributed by atoms with van der Waals surface area (Å²) in [5.41, 5.74) is 2.08. The highest BCUT2D eigenvalue weighted by Crippen LogP contribution is 2.20. The lowest BCUT2D eigenvalue weighted by Crippen LogP contribution is -2.31. The zero-order valence-electron chi connectivity index (χ0n) is 10.2. The molecule has 0 bridgehead atoms. The third-order valence-corrected chi connectivity index (χ3v) is 3.64. The Kier molecular flexibility index (Phi) is 2.28. The van der Waals surface area contributed by atoms with E-state index in [1.165, 1.54) is 0 Å². The Morgan fingerprint density at radius 2 is 2.24 bits per heavy atom. The number of hydrogen-bond acceptors (Lipinski definition) is 2. The van der Waals surface area contributed by atoms with Crippen LogP contribution >= 0.6 is 0 Å². The normalized spacial score (nSPS) is 19.3. The molecule has 1 aromatic carbocycles. The highest BCUT2D eigenvalue weighted by Gasteiger charge is 2.19. The molecular weight excluding hydrogens is 212 g/mol. The first kappa shape index (κ1) is 10.5. The Balaban J connectivity index is 2.37. The topological polar surface area (TPSA) is 34.9 Å². The van der Waals surface area contributed by atoms with Crippen LogP contribution in [0.2, 0.25) is 0 Å². The summed E-state index contributed by atoms with van der Waals surface area (Å²) in [6, 6.07) is 5.82. The molecule has 3 rings (SSSR count). The largest absolute Gasteiger partial charge is 0.296 e. The number of aromatic nitrogens is 2. The number of nitrogens with zero attached hydrogens (tertiary/aromatic N) is 2. The summed E-state index contributed by atoms with van der Waals surface area (Å²) >= 11 is 0. The highest BCUT2D eigenvalue weighted by molar-refractivity contribution is 5.80. The van der Waals surface area contributed by atoms with E-state index in [9.17, 15) is 4.79 Å². The number of hydrogen-bond donors (Lipinski definition) is 0. The van der Waals surface area contributed by atoms with Gasteiger partial charge in [-0.3, -0.25) is 9.36 Å². The minimum absolute atomic E-state index is 0.126. The van der Waals surface area contributed by atoms with E-state index in [1.807, 2.05) is 29.7 Å². The Hall–Kier alpha value is -1.64. The van der Waals surface area contributed by atoms with Crippen LogP contribution in [0.5, 0.6) is 0 Å². The third-order valence-electron chi connectivity index (χ3n) is 3.64. The predicted octanol–water partition coefficient (Wildman–Crippen LogP) is 2.29. The maximum atomic E-state index is 12.4. The minimum atomic E-state index is 0.126. The van der Waals surface area contributed by atoms with Crippen LogP contribution in [-0.4, -0.2) is 9.55 Å². The maximum absolute atomic E-state index is 12.4. The molecule has 0 N–H and O–H groups in total. The fraction of sp³-hybridized carbons (Fsp3) is 0.429. The Morgan fingerprint density at radius 3 is 3.06 bits per heavy atom. The molecule has 0 saturated carbocycles. The molecule has 0 aliphatic carbocycles. The Labute approximate surface area is 100 Å². The van der Waals surface area contributed by atoms with Crippen molar-refractivity contribution in [2.75, 3.05) is 0 Å². The van der Waals surface area contributed by atoms with Gasteiger partial charge in [-0.25, -0.2) is 4.98 Å². The van der Waals surface area contributed by atoms with Gasteiger partial charge in [-0.2, -0.15) is 0 Å². The van der Waals surface area contributed by atoms with Gasteiger partial charge < -0.3 is 0 Å². The van der Waals surface area contributed by atoms with E-state index in [-0.39, 0.29) is 5.56 Å². The molecule has 0 radical (unpaired) electrons. The average Bonchev–Trinajstić information content (AvgIpc) is 2.30. The van der Waals surface area contributed by atoms with Crippen LogP contribution < -0.4 is 5.56 Å². The van der Waals surface area contributed by atoms with Gasteiger partial charge in [0.1, 0.15) is 5.82 Å². The van der Waals surface area contributed by atoms with Gasteiger partial charge in [0.05, 0.1) is 10.9 Å². The predicted molar refractivity (Wildman–Crippen MR) is 68.2 cm³/mol. The molecule has 2 heterocycles. The number of rotatable bonds is 0. The summed E-state index contributed by atoms with van der Waals surface area (Å²) < 4.78 is 1.85. The number of para-hydroxylation sites is 1. The molecule has 2 aromatic rings. The lowest BCUT2D eigenvalue weighted by molar-refractivity contribution is 0.397. The molecule has 1 aromatic heterocycles. The van der Waals surface area contributed by atoms with Crippen molar-refractivity contribution in [1.29, 1.82) is 0 Å². The molecular formula is C14H16N2O. The minimum Gasteiger partial charge on any atom is -0.296 e.